The summed E-state index contributed by atoms with van der Waals surface area (Å²) in [6, 6.07) is 6.45. The molecule has 7 nitrogen and oxygen atoms in total. The summed E-state index contributed by atoms with van der Waals surface area (Å²) in [5, 5.41) is 16.7. The van der Waals surface area contributed by atoms with Crippen molar-refractivity contribution < 1.29 is 4.74 Å². The average molecular weight is 399 g/mol. The number of aromatic nitrogens is 2. The third-order valence-electron chi connectivity index (χ3n) is 5.93. The van der Waals surface area contributed by atoms with Gasteiger partial charge in [0, 0.05) is 24.5 Å². The van der Waals surface area contributed by atoms with Gasteiger partial charge in [0.1, 0.15) is 5.82 Å². The normalized spacial score (nSPS) is 20.5. The van der Waals surface area contributed by atoms with Gasteiger partial charge in [0.05, 0.1) is 47.4 Å². The van der Waals surface area contributed by atoms with Gasteiger partial charge in [0.15, 0.2) is 0 Å². The van der Waals surface area contributed by atoms with Gasteiger partial charge < -0.3 is 25.3 Å². The number of H-pyrrole nitrogens is 1. The van der Waals surface area contributed by atoms with E-state index in [1.165, 1.54) is 12.8 Å². The second kappa shape index (κ2) is 6.87. The summed E-state index contributed by atoms with van der Waals surface area (Å²) in [6.07, 6.45) is 6.36. The maximum absolute atomic E-state index is 9.49. The Morgan fingerprint density at radius 3 is 2.71 bits per heavy atom. The van der Waals surface area contributed by atoms with Crippen LogP contribution in [0.1, 0.15) is 31.2 Å². The Hall–Kier alpha value is -2.43. The van der Waals surface area contributed by atoms with Gasteiger partial charge in [-0.1, -0.05) is 11.6 Å². The lowest BCUT2D eigenvalue weighted by Gasteiger charge is -2.48. The SMILES string of the molecule is N#Cc1cc(Nc2ncc(NC3CC3)[nH]2)c(Cl)c(N2CCC3(CC2)COC3)c1. The maximum Gasteiger partial charge on any atom is 0.206 e. The summed E-state index contributed by atoms with van der Waals surface area (Å²) in [5.41, 5.74) is 2.53. The number of anilines is 4. The molecule has 0 bridgehead atoms. The lowest BCUT2D eigenvalue weighted by Crippen LogP contribution is -2.51. The number of ether oxygens (including phenoxy) is 1. The first-order valence-corrected chi connectivity index (χ1v) is 10.2. The molecule has 3 heterocycles. The number of hydrogen-bond donors (Lipinski definition) is 3. The van der Waals surface area contributed by atoms with E-state index in [1.807, 2.05) is 6.07 Å². The molecule has 3 fully saturated rings. The molecule has 0 atom stereocenters. The van der Waals surface area contributed by atoms with Crippen molar-refractivity contribution in [2.45, 2.75) is 31.7 Å². The summed E-state index contributed by atoms with van der Waals surface area (Å²) in [7, 11) is 0. The van der Waals surface area contributed by atoms with E-state index in [1.54, 1.807) is 12.3 Å². The molecular weight excluding hydrogens is 376 g/mol. The smallest absolute Gasteiger partial charge is 0.206 e. The van der Waals surface area contributed by atoms with Crippen molar-refractivity contribution in [3.63, 3.8) is 0 Å². The molecule has 2 aromatic rings. The van der Waals surface area contributed by atoms with Crippen LogP contribution in [0.15, 0.2) is 18.3 Å². The predicted molar refractivity (Wildman–Crippen MR) is 109 cm³/mol. The molecule has 2 saturated heterocycles. The summed E-state index contributed by atoms with van der Waals surface area (Å²) < 4.78 is 5.42. The zero-order valence-electron chi connectivity index (χ0n) is 15.6. The molecule has 1 aromatic heterocycles. The zero-order valence-corrected chi connectivity index (χ0v) is 16.4. The van der Waals surface area contributed by atoms with Gasteiger partial charge in [-0.2, -0.15) is 5.26 Å². The van der Waals surface area contributed by atoms with Crippen LogP contribution in [0, 0.1) is 16.7 Å². The number of nitrogens with one attached hydrogen (secondary N) is 3. The van der Waals surface area contributed by atoms with E-state index >= 15 is 0 Å². The Morgan fingerprint density at radius 2 is 2.07 bits per heavy atom. The average Bonchev–Trinajstić information content (AvgIpc) is 3.39. The van der Waals surface area contributed by atoms with Crippen LogP contribution >= 0.6 is 11.6 Å². The monoisotopic (exact) mass is 398 g/mol. The number of benzene rings is 1. The zero-order chi connectivity index (χ0) is 19.1. The summed E-state index contributed by atoms with van der Waals surface area (Å²) in [5.74, 6) is 1.50. The van der Waals surface area contributed by atoms with Crippen LogP contribution in [0.5, 0.6) is 0 Å². The maximum atomic E-state index is 9.49. The lowest BCUT2D eigenvalue weighted by atomic mass is 9.77. The van der Waals surface area contributed by atoms with Gasteiger partial charge >= 0.3 is 0 Å². The van der Waals surface area contributed by atoms with Crippen LogP contribution in [0.2, 0.25) is 5.02 Å². The highest BCUT2D eigenvalue weighted by molar-refractivity contribution is 6.36. The number of nitrogens with zero attached hydrogens (tertiary/aromatic N) is 3. The molecule has 2 aliphatic heterocycles. The minimum atomic E-state index is 0.357. The Balaban J connectivity index is 1.36. The van der Waals surface area contributed by atoms with Crippen LogP contribution in [0.4, 0.5) is 23.1 Å². The second-order valence-electron chi connectivity index (χ2n) is 8.14. The van der Waals surface area contributed by atoms with Crippen LogP contribution < -0.4 is 15.5 Å². The van der Waals surface area contributed by atoms with E-state index in [0.29, 0.717) is 33.7 Å². The van der Waals surface area contributed by atoms with Gasteiger partial charge in [-0.25, -0.2) is 4.98 Å². The van der Waals surface area contributed by atoms with Gasteiger partial charge in [0.2, 0.25) is 5.95 Å². The minimum Gasteiger partial charge on any atom is -0.380 e. The molecule has 28 heavy (non-hydrogen) atoms. The van der Waals surface area contributed by atoms with E-state index in [4.69, 9.17) is 16.3 Å². The molecule has 146 valence electrons. The minimum absolute atomic E-state index is 0.357. The van der Waals surface area contributed by atoms with Crippen LogP contribution in [-0.2, 0) is 4.74 Å². The summed E-state index contributed by atoms with van der Waals surface area (Å²) in [6.45, 7) is 3.59. The van der Waals surface area contributed by atoms with E-state index in [0.717, 1.165) is 50.7 Å². The Morgan fingerprint density at radius 1 is 1.29 bits per heavy atom. The van der Waals surface area contributed by atoms with Crippen LogP contribution in [0.25, 0.3) is 0 Å². The van der Waals surface area contributed by atoms with Crippen molar-refractivity contribution in [3.8, 4) is 6.07 Å². The molecular formula is C20H23ClN6O. The molecule has 1 spiro atoms. The lowest BCUT2D eigenvalue weighted by molar-refractivity contribution is -0.124. The summed E-state index contributed by atoms with van der Waals surface area (Å²) in [4.78, 5) is 9.87. The number of halogens is 1. The largest absolute Gasteiger partial charge is 0.380 e. The van der Waals surface area contributed by atoms with Crippen LogP contribution in [-0.4, -0.2) is 42.3 Å². The van der Waals surface area contributed by atoms with E-state index in [-0.39, 0.29) is 0 Å². The highest BCUT2D eigenvalue weighted by Gasteiger charge is 2.41. The quantitative estimate of drug-likeness (QED) is 0.708. The molecule has 8 heteroatoms. The van der Waals surface area contributed by atoms with Crippen molar-refractivity contribution in [1.82, 2.24) is 9.97 Å². The molecule has 0 unspecified atom stereocenters. The Labute approximate surface area is 169 Å². The molecule has 1 saturated carbocycles. The number of rotatable bonds is 5. The first-order valence-electron chi connectivity index (χ1n) is 9.79. The fraction of sp³-hybridized carbons (Fsp3) is 0.500. The third kappa shape index (κ3) is 3.38. The molecule has 0 radical (unpaired) electrons. The molecule has 3 N–H and O–H groups in total. The fourth-order valence-corrected chi connectivity index (χ4v) is 4.21. The highest BCUT2D eigenvalue weighted by atomic mass is 35.5. The second-order valence-corrected chi connectivity index (χ2v) is 8.52. The highest BCUT2D eigenvalue weighted by Crippen LogP contribution is 2.42. The molecule has 1 aromatic carbocycles. The van der Waals surface area contributed by atoms with Gasteiger partial charge in [-0.3, -0.25) is 0 Å². The molecule has 1 aliphatic carbocycles. The van der Waals surface area contributed by atoms with Crippen molar-refractivity contribution in [2.24, 2.45) is 5.41 Å². The number of hydrogen-bond acceptors (Lipinski definition) is 6. The standard InChI is InChI=1S/C20H23ClN6O/c21-18-15(25-19-23-10-17(26-19)24-14-1-2-14)7-13(9-22)8-16(18)27-5-3-20(4-6-27)11-28-12-20/h7-8,10,14,24H,1-6,11-12H2,(H2,23,25,26). The fourth-order valence-electron chi connectivity index (χ4n) is 3.93. The van der Waals surface area contributed by atoms with E-state index in [9.17, 15) is 5.26 Å². The van der Waals surface area contributed by atoms with Gasteiger partial charge in [-0.15, -0.1) is 0 Å². The third-order valence-corrected chi connectivity index (χ3v) is 6.33. The predicted octanol–water partition coefficient (Wildman–Crippen LogP) is 3.87. The van der Waals surface area contributed by atoms with Crippen LogP contribution in [0.3, 0.4) is 0 Å². The van der Waals surface area contributed by atoms with Crippen molar-refractivity contribution in [1.29, 1.82) is 5.26 Å². The molecule has 0 amide bonds. The molecule has 5 rings (SSSR count). The number of piperidine rings is 1. The summed E-state index contributed by atoms with van der Waals surface area (Å²) >= 11 is 6.75. The first kappa shape index (κ1) is 17.7. The van der Waals surface area contributed by atoms with Crippen molar-refractivity contribution >= 4 is 34.7 Å². The number of imidazole rings is 1. The number of nitriles is 1. The van der Waals surface area contributed by atoms with Crippen molar-refractivity contribution in [3.05, 3.63) is 28.9 Å². The van der Waals surface area contributed by atoms with E-state index < -0.39 is 0 Å². The number of aromatic amines is 1. The topological polar surface area (TPSA) is 89.0 Å². The van der Waals surface area contributed by atoms with Gasteiger partial charge in [0.25, 0.3) is 0 Å². The molecule has 3 aliphatic rings. The van der Waals surface area contributed by atoms with Crippen molar-refractivity contribution in [2.75, 3.05) is 41.8 Å². The Bertz CT molecular complexity index is 917. The Kier molecular flexibility index (Phi) is 4.33. The first-order chi connectivity index (χ1) is 13.6. The van der Waals surface area contributed by atoms with Gasteiger partial charge in [-0.05, 0) is 37.8 Å². The van der Waals surface area contributed by atoms with E-state index in [2.05, 4.69) is 31.6 Å².